The molecule has 39 heavy (non-hydrogen) atoms. The molecule has 2 N–H and O–H groups in total. The highest BCUT2D eigenvalue weighted by atomic mass is 35.5. The molecule has 2 amide bonds. The van der Waals surface area contributed by atoms with Crippen LogP contribution in [0, 0.1) is 25.7 Å². The topological polar surface area (TPSA) is 133 Å². The quantitative estimate of drug-likeness (QED) is 0.328. The zero-order valence-electron chi connectivity index (χ0n) is 22.2. The lowest BCUT2D eigenvalue weighted by molar-refractivity contribution is -0.151. The third-order valence-electron chi connectivity index (χ3n) is 6.90. The van der Waals surface area contributed by atoms with E-state index < -0.39 is 24.0 Å². The van der Waals surface area contributed by atoms with Gasteiger partial charge < -0.3 is 19.3 Å². The van der Waals surface area contributed by atoms with Crippen molar-refractivity contribution in [1.82, 2.24) is 10.1 Å². The van der Waals surface area contributed by atoms with E-state index in [4.69, 9.17) is 25.6 Å². The van der Waals surface area contributed by atoms with Gasteiger partial charge in [-0.1, -0.05) is 47.8 Å². The number of carbonyl (C=O) groups excluding carboxylic acids is 3. The van der Waals surface area contributed by atoms with Gasteiger partial charge in [0.1, 0.15) is 23.2 Å². The molecule has 1 fully saturated rings. The fourth-order valence-electron chi connectivity index (χ4n) is 4.78. The molecular formula is C28H31ClN4O6. The third kappa shape index (κ3) is 6.39. The summed E-state index contributed by atoms with van der Waals surface area (Å²) in [4.78, 5) is 42.5. The zero-order chi connectivity index (χ0) is 28.1. The van der Waals surface area contributed by atoms with Crippen molar-refractivity contribution in [1.29, 1.82) is 0 Å². The number of esters is 1. The molecule has 11 heteroatoms. The van der Waals surface area contributed by atoms with Gasteiger partial charge >= 0.3 is 12.1 Å². The van der Waals surface area contributed by atoms with E-state index >= 15 is 0 Å². The standard InChI is InChI=1S/C28H31ClN4O6/c1-15-22(31-26(34)19-10-5-6-11-20(19)27(35)37-4)13-14-23(30-15)25-24(16(2)33-39-25)32-28(36)38-17(3)18-9-7-8-12-21(18)29/h7-9,12-14,17,19-20H,5-6,10-11H2,1-4H3,(H,31,34)(H,32,36)/t17?,19-,20+/m0/s1. The number of pyridine rings is 1. The maximum Gasteiger partial charge on any atom is 0.412 e. The Kier molecular flexibility index (Phi) is 8.86. The Morgan fingerprint density at radius 2 is 1.74 bits per heavy atom. The van der Waals surface area contributed by atoms with Gasteiger partial charge in [-0.25, -0.2) is 9.78 Å². The van der Waals surface area contributed by atoms with Gasteiger partial charge in [0, 0.05) is 10.6 Å². The second-order valence-corrected chi connectivity index (χ2v) is 9.91. The maximum atomic E-state index is 13.1. The number of nitrogens with one attached hydrogen (secondary N) is 2. The molecule has 3 aromatic rings. The number of halogens is 1. The highest BCUT2D eigenvalue weighted by Crippen LogP contribution is 2.34. The number of rotatable bonds is 7. The fourth-order valence-corrected chi connectivity index (χ4v) is 5.06. The average molecular weight is 555 g/mol. The Labute approximate surface area is 231 Å². The number of nitrogens with zero attached hydrogens (tertiary/aromatic N) is 2. The molecule has 0 radical (unpaired) electrons. The number of carbonyl (C=O) groups is 3. The van der Waals surface area contributed by atoms with E-state index in [2.05, 4.69) is 20.8 Å². The summed E-state index contributed by atoms with van der Waals surface area (Å²) in [6, 6.07) is 10.5. The van der Waals surface area contributed by atoms with Gasteiger partial charge in [-0.3, -0.25) is 14.9 Å². The number of methoxy groups -OCH3 is 1. The summed E-state index contributed by atoms with van der Waals surface area (Å²) in [5.74, 6) is -1.27. The minimum Gasteiger partial charge on any atom is -0.469 e. The molecule has 206 valence electrons. The SMILES string of the molecule is COC(=O)[C@@H]1CCCC[C@@H]1C(=O)Nc1ccc(-c2onc(C)c2NC(=O)OC(C)c2ccccc2Cl)nc1C. The van der Waals surface area contributed by atoms with Gasteiger partial charge in [-0.05, 0) is 51.8 Å². The smallest absolute Gasteiger partial charge is 0.412 e. The zero-order valence-corrected chi connectivity index (χ0v) is 23.0. The highest BCUT2D eigenvalue weighted by Gasteiger charge is 2.36. The Bertz CT molecular complexity index is 1370. The normalized spacial score (nSPS) is 17.7. The number of aryl methyl sites for hydroxylation is 2. The number of hydrogen-bond acceptors (Lipinski definition) is 8. The van der Waals surface area contributed by atoms with Crippen LogP contribution in [-0.2, 0) is 19.1 Å². The van der Waals surface area contributed by atoms with Crippen LogP contribution in [0.25, 0.3) is 11.5 Å². The molecule has 2 aromatic heterocycles. The van der Waals surface area contributed by atoms with Gasteiger partial charge in [0.2, 0.25) is 11.7 Å². The molecule has 2 heterocycles. The van der Waals surface area contributed by atoms with Crippen LogP contribution in [0.4, 0.5) is 16.2 Å². The van der Waals surface area contributed by atoms with Crippen LogP contribution in [0.3, 0.4) is 0 Å². The van der Waals surface area contributed by atoms with E-state index in [0.717, 1.165) is 12.8 Å². The van der Waals surface area contributed by atoms with Crippen LogP contribution in [0.15, 0.2) is 40.9 Å². The van der Waals surface area contributed by atoms with Gasteiger partial charge in [0.05, 0.1) is 30.3 Å². The van der Waals surface area contributed by atoms with Crippen LogP contribution < -0.4 is 10.6 Å². The Morgan fingerprint density at radius 1 is 1.03 bits per heavy atom. The summed E-state index contributed by atoms with van der Waals surface area (Å²) in [5, 5.41) is 10.1. The number of ether oxygens (including phenoxy) is 2. The molecule has 0 spiro atoms. The number of hydrogen-bond donors (Lipinski definition) is 2. The predicted octanol–water partition coefficient (Wildman–Crippen LogP) is 6.23. The van der Waals surface area contributed by atoms with Crippen molar-refractivity contribution in [2.24, 2.45) is 11.8 Å². The van der Waals surface area contributed by atoms with E-state index in [1.54, 1.807) is 51.1 Å². The minimum atomic E-state index is -0.705. The average Bonchev–Trinajstić information content (AvgIpc) is 3.28. The molecule has 3 atom stereocenters. The first-order valence-electron chi connectivity index (χ1n) is 12.7. The lowest BCUT2D eigenvalue weighted by Crippen LogP contribution is -2.36. The van der Waals surface area contributed by atoms with Gasteiger partial charge in [0.25, 0.3) is 0 Å². The summed E-state index contributed by atoms with van der Waals surface area (Å²) >= 11 is 6.21. The van der Waals surface area contributed by atoms with Crippen molar-refractivity contribution in [3.05, 3.63) is 58.4 Å². The second kappa shape index (κ2) is 12.3. The first-order valence-corrected chi connectivity index (χ1v) is 13.1. The Hall–Kier alpha value is -3.92. The van der Waals surface area contributed by atoms with E-state index in [-0.39, 0.29) is 17.6 Å². The number of aromatic nitrogens is 2. The summed E-state index contributed by atoms with van der Waals surface area (Å²) in [5.41, 5.74) is 2.88. The van der Waals surface area contributed by atoms with Gasteiger partial charge in [-0.2, -0.15) is 0 Å². The molecule has 1 aromatic carbocycles. The van der Waals surface area contributed by atoms with E-state index in [1.165, 1.54) is 7.11 Å². The molecule has 1 saturated carbocycles. The van der Waals surface area contributed by atoms with E-state index in [1.807, 2.05) is 6.07 Å². The van der Waals surface area contributed by atoms with Gasteiger partial charge in [-0.15, -0.1) is 0 Å². The number of benzene rings is 1. The van der Waals surface area contributed by atoms with Crippen LogP contribution in [0.2, 0.25) is 5.02 Å². The molecule has 4 rings (SSSR count). The first-order chi connectivity index (χ1) is 18.7. The van der Waals surface area contributed by atoms with Crippen molar-refractivity contribution in [2.45, 2.75) is 52.6 Å². The number of amides is 2. The van der Waals surface area contributed by atoms with Crippen molar-refractivity contribution >= 4 is 40.9 Å². The van der Waals surface area contributed by atoms with Crippen LogP contribution in [0.5, 0.6) is 0 Å². The molecule has 0 aliphatic heterocycles. The predicted molar refractivity (Wildman–Crippen MR) is 145 cm³/mol. The molecule has 1 aliphatic carbocycles. The summed E-state index contributed by atoms with van der Waals surface area (Å²) in [7, 11) is 1.34. The first kappa shape index (κ1) is 28.1. The lowest BCUT2D eigenvalue weighted by Gasteiger charge is -2.28. The van der Waals surface area contributed by atoms with Crippen molar-refractivity contribution < 1.29 is 28.4 Å². The molecule has 0 bridgehead atoms. The van der Waals surface area contributed by atoms with Crippen molar-refractivity contribution in [3.63, 3.8) is 0 Å². The minimum absolute atomic E-state index is 0.240. The molecule has 1 unspecified atom stereocenters. The molecular weight excluding hydrogens is 524 g/mol. The van der Waals surface area contributed by atoms with Gasteiger partial charge in [0.15, 0.2) is 0 Å². The van der Waals surface area contributed by atoms with Crippen LogP contribution >= 0.6 is 11.6 Å². The summed E-state index contributed by atoms with van der Waals surface area (Å²) < 4.78 is 15.9. The highest BCUT2D eigenvalue weighted by molar-refractivity contribution is 6.31. The van der Waals surface area contributed by atoms with Crippen molar-refractivity contribution in [3.8, 4) is 11.5 Å². The van der Waals surface area contributed by atoms with E-state index in [9.17, 15) is 14.4 Å². The molecule has 10 nitrogen and oxygen atoms in total. The fraction of sp³-hybridized carbons (Fsp3) is 0.393. The lowest BCUT2D eigenvalue weighted by atomic mass is 9.78. The summed E-state index contributed by atoms with van der Waals surface area (Å²) in [6.07, 6.45) is 1.71. The monoisotopic (exact) mass is 554 g/mol. The number of anilines is 2. The largest absolute Gasteiger partial charge is 0.469 e. The second-order valence-electron chi connectivity index (χ2n) is 9.51. The molecule has 1 aliphatic rings. The Morgan fingerprint density at radius 3 is 2.44 bits per heavy atom. The van der Waals surface area contributed by atoms with E-state index in [0.29, 0.717) is 51.9 Å². The van der Waals surface area contributed by atoms with Crippen LogP contribution in [-0.4, -0.2) is 35.2 Å². The third-order valence-corrected chi connectivity index (χ3v) is 7.24. The maximum absolute atomic E-state index is 13.1. The van der Waals surface area contributed by atoms with Crippen molar-refractivity contribution in [2.75, 3.05) is 17.7 Å². The van der Waals surface area contributed by atoms with Crippen LogP contribution in [0.1, 0.15) is 55.7 Å². The Balaban J connectivity index is 1.47. The summed E-state index contributed by atoms with van der Waals surface area (Å²) in [6.45, 7) is 5.15. The molecule has 0 saturated heterocycles.